The second kappa shape index (κ2) is 14.0. The van der Waals surface area contributed by atoms with Gasteiger partial charge in [-0.3, -0.25) is 0 Å². The van der Waals surface area contributed by atoms with Crippen LogP contribution in [0, 0.1) is 13.8 Å². The number of allylic oxidation sites excluding steroid dienone is 3. The van der Waals surface area contributed by atoms with E-state index >= 15 is 0 Å². The number of benzene rings is 9. The lowest BCUT2D eigenvalue weighted by molar-refractivity contribution is 0.591. The number of anilines is 5. The molecular formula is C59H46N2O2. The van der Waals surface area contributed by atoms with Crippen LogP contribution in [0.15, 0.2) is 185 Å². The minimum Gasteiger partial charge on any atom is -0.454 e. The van der Waals surface area contributed by atoms with E-state index in [9.17, 15) is 0 Å². The third-order valence-electron chi connectivity index (χ3n) is 13.2. The summed E-state index contributed by atoms with van der Waals surface area (Å²) in [6.07, 6.45) is 7.44. The van der Waals surface area contributed by atoms with Gasteiger partial charge in [-0.05, 0) is 119 Å². The first kappa shape index (κ1) is 37.2. The summed E-state index contributed by atoms with van der Waals surface area (Å²) in [6.45, 7) is 11.5. The molecule has 12 rings (SSSR count). The molecule has 0 radical (unpaired) electrons. The van der Waals surface area contributed by atoms with E-state index < -0.39 is 0 Å². The van der Waals surface area contributed by atoms with Gasteiger partial charge in [0.1, 0.15) is 11.2 Å². The van der Waals surface area contributed by atoms with Crippen molar-refractivity contribution < 1.29 is 8.83 Å². The highest BCUT2D eigenvalue weighted by Gasteiger charge is 2.31. The molecule has 2 heterocycles. The van der Waals surface area contributed by atoms with Crippen molar-refractivity contribution in [3.05, 3.63) is 204 Å². The van der Waals surface area contributed by atoms with Gasteiger partial charge in [0.05, 0.1) is 22.8 Å². The molecule has 0 aliphatic heterocycles. The molecule has 0 saturated carbocycles. The van der Waals surface area contributed by atoms with Crippen molar-refractivity contribution in [3.63, 3.8) is 0 Å². The number of nitrogens with zero attached hydrogens (tertiary/aromatic N) is 2. The van der Waals surface area contributed by atoms with Crippen LogP contribution >= 0.6 is 0 Å². The van der Waals surface area contributed by atoms with Gasteiger partial charge in [-0.1, -0.05) is 136 Å². The topological polar surface area (TPSA) is 32.8 Å². The number of hydrogen-bond donors (Lipinski definition) is 0. The van der Waals surface area contributed by atoms with E-state index in [4.69, 9.17) is 8.83 Å². The fraction of sp³-hybridized carbons (Fsp3) is 0.119. The number of aryl methyl sites for hydroxylation is 2. The molecule has 0 bridgehead atoms. The van der Waals surface area contributed by atoms with Crippen molar-refractivity contribution in [2.75, 3.05) is 9.80 Å². The zero-order chi connectivity index (χ0) is 42.6. The summed E-state index contributed by atoms with van der Waals surface area (Å²) in [7, 11) is 0. The molecule has 1 aliphatic rings. The first-order valence-electron chi connectivity index (χ1n) is 22.0. The fourth-order valence-corrected chi connectivity index (χ4v) is 10.2. The van der Waals surface area contributed by atoms with Gasteiger partial charge >= 0.3 is 0 Å². The maximum atomic E-state index is 6.94. The molecule has 0 fully saturated rings. The SMILES string of the molecule is Cc1cc2c(N(C3=CC=CCc4c3oc3ccccc43)c3ccccc3)cc(N(c3ccccc3)c3cccc4c3oc3ccccc34)c3c(C)cc4cc(C(C)(C)C)cc1c4c23. The smallest absolute Gasteiger partial charge is 0.159 e. The van der Waals surface area contributed by atoms with Crippen LogP contribution in [0.3, 0.4) is 0 Å². The van der Waals surface area contributed by atoms with Crippen LogP contribution in [-0.2, 0) is 11.8 Å². The van der Waals surface area contributed by atoms with E-state index in [1.165, 1.54) is 54.6 Å². The first-order chi connectivity index (χ1) is 30.7. The van der Waals surface area contributed by atoms with Crippen LogP contribution in [0.1, 0.15) is 48.8 Å². The molecule has 11 aromatic rings. The predicted molar refractivity (Wildman–Crippen MR) is 266 cm³/mol. The molecule has 4 nitrogen and oxygen atoms in total. The summed E-state index contributed by atoms with van der Waals surface area (Å²) in [4.78, 5) is 4.87. The average Bonchev–Trinajstić information content (AvgIpc) is 3.79. The van der Waals surface area contributed by atoms with Crippen molar-refractivity contribution in [3.8, 4) is 0 Å². The van der Waals surface area contributed by atoms with Crippen molar-refractivity contribution in [2.45, 2.75) is 46.5 Å². The number of fused-ring (bicyclic) bond motifs is 6. The van der Waals surface area contributed by atoms with Crippen molar-refractivity contribution in [1.29, 1.82) is 0 Å². The molecule has 0 saturated heterocycles. The molecule has 0 N–H and O–H groups in total. The molecule has 9 aromatic carbocycles. The summed E-state index contributed by atoms with van der Waals surface area (Å²) in [5, 5.41) is 10.8. The lowest BCUT2D eigenvalue weighted by Gasteiger charge is -2.33. The maximum absolute atomic E-state index is 6.94. The molecule has 4 heteroatoms. The van der Waals surface area contributed by atoms with E-state index in [-0.39, 0.29) is 5.41 Å². The van der Waals surface area contributed by atoms with Gasteiger partial charge in [-0.25, -0.2) is 0 Å². The lowest BCUT2D eigenvalue weighted by Crippen LogP contribution is -2.18. The van der Waals surface area contributed by atoms with Gasteiger partial charge in [-0.2, -0.15) is 0 Å². The normalized spacial score (nSPS) is 13.1. The van der Waals surface area contributed by atoms with Gasteiger partial charge in [0, 0.05) is 49.3 Å². The van der Waals surface area contributed by atoms with Gasteiger partial charge in [0.25, 0.3) is 0 Å². The first-order valence-corrected chi connectivity index (χ1v) is 22.0. The number of para-hydroxylation sites is 5. The summed E-state index contributed by atoms with van der Waals surface area (Å²) >= 11 is 0. The van der Waals surface area contributed by atoms with Crippen LogP contribution in [0.5, 0.6) is 0 Å². The standard InChI is InChI=1S/C59H46N2O2/c1-36-32-47-50(60(40-19-8-6-9-20-40)48-27-15-12-25-44-42-23-13-16-29-52(42)62-57(44)48)35-51(54-37(2)31-38-33-39(59(3,4)5)34-46(36)55(38)56(47)54)61(41-21-10-7-11-22-41)49-28-18-26-45-43-24-14-17-30-53(43)63-58(45)49/h6-24,26-35H,25H2,1-5H3. The van der Waals surface area contributed by atoms with E-state index in [1.807, 2.05) is 6.07 Å². The van der Waals surface area contributed by atoms with Crippen molar-refractivity contribution >= 4 is 99.4 Å². The zero-order valence-electron chi connectivity index (χ0n) is 36.2. The maximum Gasteiger partial charge on any atom is 0.159 e. The summed E-state index contributed by atoms with van der Waals surface area (Å²) in [6, 6.07) is 57.1. The Balaban J connectivity index is 1.26. The number of furan rings is 2. The van der Waals surface area contributed by atoms with Crippen molar-refractivity contribution in [2.24, 2.45) is 0 Å². The fourth-order valence-electron chi connectivity index (χ4n) is 10.2. The molecule has 1 aliphatic carbocycles. The van der Waals surface area contributed by atoms with Gasteiger partial charge in [-0.15, -0.1) is 0 Å². The summed E-state index contributed by atoms with van der Waals surface area (Å²) in [5.41, 5.74) is 13.7. The molecule has 0 amide bonds. The quantitative estimate of drug-likeness (QED) is 0.157. The third-order valence-corrected chi connectivity index (χ3v) is 13.2. The number of rotatable bonds is 6. The molecule has 304 valence electrons. The van der Waals surface area contributed by atoms with E-state index in [1.54, 1.807) is 0 Å². The summed E-state index contributed by atoms with van der Waals surface area (Å²) < 4.78 is 13.8. The van der Waals surface area contributed by atoms with Crippen LogP contribution in [0.4, 0.5) is 28.4 Å². The van der Waals surface area contributed by atoms with Crippen LogP contribution in [-0.4, -0.2) is 0 Å². The molecular weight excluding hydrogens is 769 g/mol. The minimum absolute atomic E-state index is 0.0234. The second-order valence-corrected chi connectivity index (χ2v) is 18.2. The molecule has 0 spiro atoms. The van der Waals surface area contributed by atoms with Crippen LogP contribution in [0.2, 0.25) is 0 Å². The Labute approximate surface area is 366 Å². The van der Waals surface area contributed by atoms with Crippen molar-refractivity contribution in [1.82, 2.24) is 0 Å². The molecule has 0 unspecified atom stereocenters. The minimum atomic E-state index is -0.0234. The predicted octanol–water partition coefficient (Wildman–Crippen LogP) is 16.9. The highest BCUT2D eigenvalue weighted by molar-refractivity contribution is 6.31. The second-order valence-electron chi connectivity index (χ2n) is 18.2. The van der Waals surface area contributed by atoms with E-state index in [0.717, 1.165) is 79.2 Å². The highest BCUT2D eigenvalue weighted by atomic mass is 16.3. The van der Waals surface area contributed by atoms with Crippen LogP contribution < -0.4 is 9.80 Å². The Morgan fingerprint density at radius 1 is 0.492 bits per heavy atom. The van der Waals surface area contributed by atoms with Crippen LogP contribution in [0.25, 0.3) is 70.9 Å². The van der Waals surface area contributed by atoms with Gasteiger partial charge in [0.15, 0.2) is 11.3 Å². The Bertz CT molecular complexity index is 3660. The largest absolute Gasteiger partial charge is 0.454 e. The highest BCUT2D eigenvalue weighted by Crippen LogP contribution is 2.54. The zero-order valence-corrected chi connectivity index (χ0v) is 36.2. The Morgan fingerprint density at radius 3 is 1.90 bits per heavy atom. The van der Waals surface area contributed by atoms with E-state index in [0.29, 0.717) is 0 Å². The Hall–Kier alpha value is -7.56. The number of hydrogen-bond acceptors (Lipinski definition) is 4. The molecule has 2 aromatic heterocycles. The van der Waals surface area contributed by atoms with Gasteiger partial charge in [0.2, 0.25) is 0 Å². The van der Waals surface area contributed by atoms with E-state index in [2.05, 4.69) is 214 Å². The third kappa shape index (κ3) is 5.74. The Kier molecular flexibility index (Phi) is 8.26. The Morgan fingerprint density at radius 2 is 1.16 bits per heavy atom. The monoisotopic (exact) mass is 814 g/mol. The lowest BCUT2D eigenvalue weighted by atomic mass is 9.81. The summed E-state index contributed by atoms with van der Waals surface area (Å²) in [5.74, 6) is 0.881. The average molecular weight is 815 g/mol. The molecule has 63 heavy (non-hydrogen) atoms. The van der Waals surface area contributed by atoms with Gasteiger partial charge < -0.3 is 18.6 Å². The molecule has 0 atom stereocenters.